The van der Waals surface area contributed by atoms with Gasteiger partial charge in [0.05, 0.1) is 19.7 Å². The lowest BCUT2D eigenvalue weighted by atomic mass is 10.0. The van der Waals surface area contributed by atoms with Gasteiger partial charge in [-0.05, 0) is 6.08 Å². The summed E-state index contributed by atoms with van der Waals surface area (Å²) in [5.41, 5.74) is 2.33. The van der Waals surface area contributed by atoms with Gasteiger partial charge in [-0.3, -0.25) is 0 Å². The molecule has 4 heteroatoms. The molecule has 2 N–H and O–H groups in total. The summed E-state index contributed by atoms with van der Waals surface area (Å²) in [6.07, 6.45) is 2.67. The third-order valence-corrected chi connectivity index (χ3v) is 4.44. The Kier molecular flexibility index (Phi) is 4.46. The molecule has 2 aliphatic rings. The summed E-state index contributed by atoms with van der Waals surface area (Å²) in [5, 5.41) is 19.6. The van der Waals surface area contributed by atoms with Crippen molar-refractivity contribution in [2.24, 2.45) is 0 Å². The van der Waals surface area contributed by atoms with Crippen LogP contribution in [0, 0.1) is 0 Å². The Balaban J connectivity index is 0.00000133. The summed E-state index contributed by atoms with van der Waals surface area (Å²) >= 11 is 0. The van der Waals surface area contributed by atoms with E-state index in [0.717, 1.165) is 36.1 Å². The summed E-state index contributed by atoms with van der Waals surface area (Å²) in [4.78, 5) is 0. The van der Waals surface area contributed by atoms with Gasteiger partial charge in [-0.2, -0.15) is 0 Å². The van der Waals surface area contributed by atoms with Gasteiger partial charge in [-0.25, -0.2) is 0 Å². The van der Waals surface area contributed by atoms with Gasteiger partial charge in [-0.15, -0.1) is 0 Å². The Bertz CT molecular complexity index is 462. The van der Waals surface area contributed by atoms with Crippen molar-refractivity contribution in [3.63, 3.8) is 0 Å². The Hall–Kier alpha value is -0.680. The third kappa shape index (κ3) is 2.50. The van der Waals surface area contributed by atoms with Gasteiger partial charge in [0, 0.05) is 17.6 Å². The molecule has 2 heterocycles. The highest BCUT2D eigenvalue weighted by atomic mass is 79.9. The third-order valence-electron chi connectivity index (χ3n) is 4.44. The lowest BCUT2D eigenvalue weighted by Gasteiger charge is -2.36. The first-order valence-corrected chi connectivity index (χ1v) is 6.63. The Labute approximate surface area is 124 Å². The molecule has 0 aromatic heterocycles. The topological polar surface area (TPSA) is 40.5 Å². The lowest BCUT2D eigenvalue weighted by molar-refractivity contribution is -0.938. The second-order valence-electron chi connectivity index (χ2n) is 5.51. The number of nitrogens with zero attached hydrogens (tertiary/aromatic N) is 1. The molecule has 0 spiro atoms. The Morgan fingerprint density at radius 2 is 1.95 bits per heavy atom. The van der Waals surface area contributed by atoms with Crippen LogP contribution in [0.15, 0.2) is 42.0 Å². The average Bonchev–Trinajstić information content (AvgIpc) is 2.90. The standard InChI is InChI=1S/C15H20NO2.BrH/c17-11-13-6-8-16(9-7-14(18)15(13)16)10-12-4-2-1-3-5-12;/h1-6,14-15,17-18H,7-11H2;1H/q+1;/p-1. The van der Waals surface area contributed by atoms with Gasteiger partial charge in [0.2, 0.25) is 0 Å². The zero-order valence-corrected chi connectivity index (χ0v) is 12.5. The van der Waals surface area contributed by atoms with Gasteiger partial charge in [0.15, 0.2) is 0 Å². The van der Waals surface area contributed by atoms with Gasteiger partial charge in [0.25, 0.3) is 0 Å². The second-order valence-corrected chi connectivity index (χ2v) is 5.51. The first-order chi connectivity index (χ1) is 8.75. The molecule has 1 fully saturated rings. The fourth-order valence-electron chi connectivity index (χ4n) is 3.62. The Morgan fingerprint density at radius 1 is 1.21 bits per heavy atom. The zero-order chi connectivity index (χ0) is 12.6. The van der Waals surface area contributed by atoms with Crippen LogP contribution in [0.4, 0.5) is 0 Å². The summed E-state index contributed by atoms with van der Waals surface area (Å²) in [6, 6.07) is 10.5. The summed E-state index contributed by atoms with van der Waals surface area (Å²) < 4.78 is 0.890. The van der Waals surface area contributed by atoms with Gasteiger partial charge in [0.1, 0.15) is 18.7 Å². The fourth-order valence-corrected chi connectivity index (χ4v) is 3.62. The highest BCUT2D eigenvalue weighted by Crippen LogP contribution is 2.38. The van der Waals surface area contributed by atoms with Gasteiger partial charge < -0.3 is 31.7 Å². The van der Waals surface area contributed by atoms with E-state index in [9.17, 15) is 10.2 Å². The van der Waals surface area contributed by atoms with Crippen LogP contribution < -0.4 is 17.0 Å². The van der Waals surface area contributed by atoms with Crippen LogP contribution in [0.5, 0.6) is 0 Å². The fraction of sp³-hybridized carbons (Fsp3) is 0.467. The predicted molar refractivity (Wildman–Crippen MR) is 69.7 cm³/mol. The summed E-state index contributed by atoms with van der Waals surface area (Å²) in [6.45, 7) is 2.96. The van der Waals surface area contributed by atoms with E-state index < -0.39 is 0 Å². The maximum absolute atomic E-state index is 10.2. The van der Waals surface area contributed by atoms with E-state index in [-0.39, 0.29) is 35.7 Å². The minimum absolute atomic E-state index is 0. The quantitative estimate of drug-likeness (QED) is 0.502. The molecule has 0 saturated carbocycles. The zero-order valence-electron chi connectivity index (χ0n) is 10.9. The average molecular weight is 326 g/mol. The maximum atomic E-state index is 10.2. The van der Waals surface area contributed by atoms with Crippen LogP contribution in [-0.4, -0.2) is 46.5 Å². The van der Waals surface area contributed by atoms with Crippen molar-refractivity contribution in [3.05, 3.63) is 47.5 Å². The van der Waals surface area contributed by atoms with Crippen LogP contribution in [0.2, 0.25) is 0 Å². The molecule has 0 radical (unpaired) electrons. The van der Waals surface area contributed by atoms with Crippen molar-refractivity contribution >= 4 is 0 Å². The molecular weight excluding hydrogens is 306 g/mol. The normalized spacial score (nSPS) is 32.6. The first-order valence-electron chi connectivity index (χ1n) is 6.63. The molecule has 1 aromatic carbocycles. The number of benzene rings is 1. The molecular formula is C15H20BrNO2. The minimum Gasteiger partial charge on any atom is -1.00 e. The van der Waals surface area contributed by atoms with Crippen molar-refractivity contribution in [3.8, 4) is 0 Å². The molecule has 3 rings (SSSR count). The molecule has 3 unspecified atom stereocenters. The number of hydrogen-bond acceptors (Lipinski definition) is 2. The Morgan fingerprint density at radius 3 is 2.63 bits per heavy atom. The minimum atomic E-state index is -0.297. The van der Waals surface area contributed by atoms with Crippen LogP contribution in [0.3, 0.4) is 0 Å². The van der Waals surface area contributed by atoms with Crippen LogP contribution in [0.25, 0.3) is 0 Å². The van der Waals surface area contributed by atoms with Crippen molar-refractivity contribution in [1.29, 1.82) is 0 Å². The van der Waals surface area contributed by atoms with Crippen LogP contribution >= 0.6 is 0 Å². The van der Waals surface area contributed by atoms with E-state index in [1.165, 1.54) is 5.56 Å². The summed E-state index contributed by atoms with van der Waals surface area (Å²) in [7, 11) is 0. The van der Waals surface area contributed by atoms with Gasteiger partial charge in [-0.1, -0.05) is 30.3 Å². The second kappa shape index (κ2) is 5.75. The number of aliphatic hydroxyl groups excluding tert-OH is 2. The van der Waals surface area contributed by atoms with Crippen LogP contribution in [0.1, 0.15) is 12.0 Å². The van der Waals surface area contributed by atoms with Crippen molar-refractivity contribution in [1.82, 2.24) is 0 Å². The molecule has 0 amide bonds. The predicted octanol–water partition coefficient (Wildman–Crippen LogP) is -1.93. The molecule has 1 saturated heterocycles. The molecule has 104 valence electrons. The highest BCUT2D eigenvalue weighted by molar-refractivity contribution is 5.20. The van der Waals surface area contributed by atoms with Gasteiger partial charge >= 0.3 is 0 Å². The number of halogens is 1. The van der Waals surface area contributed by atoms with Crippen molar-refractivity contribution in [2.75, 3.05) is 19.7 Å². The SMILES string of the molecule is OCC1=CC[N+]2(Cc3ccccc3)CCC(O)C12.[Br-]. The largest absolute Gasteiger partial charge is 1.00 e. The number of rotatable bonds is 3. The number of quaternary nitrogens is 1. The molecule has 2 aliphatic heterocycles. The molecule has 0 bridgehead atoms. The number of fused-ring (bicyclic) bond motifs is 1. The van der Waals surface area contributed by atoms with E-state index in [1.807, 2.05) is 6.07 Å². The van der Waals surface area contributed by atoms with Crippen molar-refractivity contribution < 1.29 is 31.7 Å². The van der Waals surface area contributed by atoms with E-state index in [0.29, 0.717) is 0 Å². The molecule has 19 heavy (non-hydrogen) atoms. The highest BCUT2D eigenvalue weighted by Gasteiger charge is 2.51. The first kappa shape index (κ1) is 14.7. The number of aliphatic hydroxyl groups is 2. The maximum Gasteiger partial charge on any atom is 0.140 e. The molecule has 3 nitrogen and oxygen atoms in total. The summed E-state index contributed by atoms with van der Waals surface area (Å²) in [5.74, 6) is 0. The van der Waals surface area contributed by atoms with E-state index >= 15 is 0 Å². The lowest BCUT2D eigenvalue weighted by Crippen LogP contribution is -3.00. The van der Waals surface area contributed by atoms with E-state index in [1.54, 1.807) is 0 Å². The van der Waals surface area contributed by atoms with Crippen LogP contribution in [-0.2, 0) is 6.54 Å². The van der Waals surface area contributed by atoms with E-state index in [2.05, 4.69) is 30.3 Å². The van der Waals surface area contributed by atoms with Crippen molar-refractivity contribution in [2.45, 2.75) is 25.1 Å². The molecule has 3 atom stereocenters. The van der Waals surface area contributed by atoms with E-state index in [4.69, 9.17) is 0 Å². The smallest absolute Gasteiger partial charge is 0.140 e. The molecule has 0 aliphatic carbocycles. The number of hydrogen-bond donors (Lipinski definition) is 2. The molecule has 1 aromatic rings. The monoisotopic (exact) mass is 325 g/mol.